The molecule has 0 saturated heterocycles. The van der Waals surface area contributed by atoms with E-state index in [0.717, 1.165) is 12.0 Å². The maximum atomic E-state index is 12.8. The highest BCUT2D eigenvalue weighted by molar-refractivity contribution is 5.76. The van der Waals surface area contributed by atoms with Crippen LogP contribution >= 0.6 is 0 Å². The fraction of sp³-hybridized carbons (Fsp3) is 0.350. The molecule has 134 valence electrons. The average molecular weight is 344 g/mol. The molecule has 5 heteroatoms. The Morgan fingerprint density at radius 2 is 1.76 bits per heavy atom. The van der Waals surface area contributed by atoms with Crippen molar-refractivity contribution in [1.29, 1.82) is 0 Å². The van der Waals surface area contributed by atoms with Gasteiger partial charge in [-0.25, -0.2) is 4.39 Å². The van der Waals surface area contributed by atoms with Crippen molar-refractivity contribution in [1.82, 2.24) is 4.90 Å². The zero-order valence-electron chi connectivity index (χ0n) is 14.4. The third-order valence-electron chi connectivity index (χ3n) is 3.82. The summed E-state index contributed by atoms with van der Waals surface area (Å²) in [6.07, 6.45) is 1.81. The minimum absolute atomic E-state index is 0.0972. The van der Waals surface area contributed by atoms with Gasteiger partial charge in [-0.1, -0.05) is 30.3 Å². The third kappa shape index (κ3) is 6.93. The lowest BCUT2D eigenvalue weighted by Crippen LogP contribution is -2.32. The van der Waals surface area contributed by atoms with Crippen molar-refractivity contribution in [3.63, 3.8) is 0 Å². The van der Waals surface area contributed by atoms with Crippen molar-refractivity contribution in [3.05, 3.63) is 66.0 Å². The Labute approximate surface area is 148 Å². The summed E-state index contributed by atoms with van der Waals surface area (Å²) < 4.78 is 18.4. The highest BCUT2D eigenvalue weighted by Crippen LogP contribution is 2.12. The van der Waals surface area contributed by atoms with Crippen molar-refractivity contribution >= 4 is 5.91 Å². The van der Waals surface area contributed by atoms with E-state index in [9.17, 15) is 9.18 Å². The number of carbonyl (C=O) groups excluding carboxylic acids is 1. The second-order valence-corrected chi connectivity index (χ2v) is 5.85. The molecule has 0 fully saturated rings. The van der Waals surface area contributed by atoms with Gasteiger partial charge in [0.25, 0.3) is 0 Å². The molecule has 2 aromatic rings. The lowest BCUT2D eigenvalue weighted by molar-refractivity contribution is -0.132. The van der Waals surface area contributed by atoms with Crippen molar-refractivity contribution < 1.29 is 13.9 Å². The van der Waals surface area contributed by atoms with E-state index < -0.39 is 0 Å². The molecule has 0 aliphatic rings. The van der Waals surface area contributed by atoms with Gasteiger partial charge >= 0.3 is 0 Å². The first-order valence-corrected chi connectivity index (χ1v) is 8.59. The molecule has 0 bridgehead atoms. The van der Waals surface area contributed by atoms with E-state index in [1.807, 2.05) is 35.2 Å². The van der Waals surface area contributed by atoms with E-state index in [4.69, 9.17) is 10.5 Å². The number of amides is 1. The maximum absolute atomic E-state index is 12.8. The number of nitrogens with zero attached hydrogens (tertiary/aromatic N) is 1. The van der Waals surface area contributed by atoms with Gasteiger partial charge in [0.05, 0.1) is 6.61 Å². The summed E-state index contributed by atoms with van der Waals surface area (Å²) in [5.74, 6) is 0.414. The normalized spacial score (nSPS) is 10.5. The maximum Gasteiger partial charge on any atom is 0.222 e. The SMILES string of the molecule is NCCCN(Cc1ccccc1)C(=O)CCCOc1ccc(F)cc1. The molecule has 0 aliphatic heterocycles. The average Bonchev–Trinajstić information content (AvgIpc) is 2.64. The molecule has 0 heterocycles. The molecule has 0 atom stereocenters. The second-order valence-electron chi connectivity index (χ2n) is 5.85. The van der Waals surface area contributed by atoms with E-state index in [0.29, 0.717) is 44.8 Å². The van der Waals surface area contributed by atoms with E-state index in [1.54, 1.807) is 12.1 Å². The van der Waals surface area contributed by atoms with Gasteiger partial charge < -0.3 is 15.4 Å². The summed E-state index contributed by atoms with van der Waals surface area (Å²) in [6.45, 7) is 2.24. The number of hydrogen-bond acceptors (Lipinski definition) is 3. The van der Waals surface area contributed by atoms with Crippen LogP contribution in [0.2, 0.25) is 0 Å². The Morgan fingerprint density at radius 1 is 1.04 bits per heavy atom. The molecular weight excluding hydrogens is 319 g/mol. The summed E-state index contributed by atoms with van der Waals surface area (Å²) >= 11 is 0. The van der Waals surface area contributed by atoms with Crippen LogP contribution in [0.5, 0.6) is 5.75 Å². The monoisotopic (exact) mass is 344 g/mol. The molecule has 4 nitrogen and oxygen atoms in total. The molecule has 2 rings (SSSR count). The zero-order valence-corrected chi connectivity index (χ0v) is 14.4. The van der Waals surface area contributed by atoms with Gasteiger partial charge in [0.1, 0.15) is 11.6 Å². The number of carbonyl (C=O) groups is 1. The summed E-state index contributed by atoms with van der Waals surface area (Å²) in [6, 6.07) is 15.8. The van der Waals surface area contributed by atoms with Crippen LogP contribution in [0.4, 0.5) is 4.39 Å². The van der Waals surface area contributed by atoms with E-state index in [2.05, 4.69) is 0 Å². The van der Waals surface area contributed by atoms with Gasteiger partial charge in [0.15, 0.2) is 0 Å². The topological polar surface area (TPSA) is 55.6 Å². The van der Waals surface area contributed by atoms with Gasteiger partial charge in [0, 0.05) is 19.5 Å². The standard InChI is InChI=1S/C20H25FN2O2/c21-18-9-11-19(12-10-18)25-15-4-8-20(24)23(14-5-13-22)16-17-6-2-1-3-7-17/h1-3,6-7,9-12H,4-5,8,13-16,22H2. The third-order valence-corrected chi connectivity index (χ3v) is 3.82. The number of hydrogen-bond donors (Lipinski definition) is 1. The minimum Gasteiger partial charge on any atom is -0.494 e. The van der Waals surface area contributed by atoms with Crippen molar-refractivity contribution in [2.45, 2.75) is 25.8 Å². The van der Waals surface area contributed by atoms with Crippen molar-refractivity contribution in [2.75, 3.05) is 19.7 Å². The van der Waals surface area contributed by atoms with Crippen LogP contribution in [0.15, 0.2) is 54.6 Å². The second kappa shape index (κ2) is 10.5. The van der Waals surface area contributed by atoms with Gasteiger partial charge in [-0.15, -0.1) is 0 Å². The Hall–Kier alpha value is -2.40. The predicted molar refractivity (Wildman–Crippen MR) is 96.7 cm³/mol. The molecule has 0 aromatic heterocycles. The first-order valence-electron chi connectivity index (χ1n) is 8.59. The molecule has 25 heavy (non-hydrogen) atoms. The summed E-state index contributed by atoms with van der Waals surface area (Å²) in [4.78, 5) is 14.3. The Bertz CT molecular complexity index is 632. The smallest absolute Gasteiger partial charge is 0.222 e. The molecule has 2 N–H and O–H groups in total. The molecule has 2 aromatic carbocycles. The van der Waals surface area contributed by atoms with E-state index >= 15 is 0 Å². The van der Waals surface area contributed by atoms with E-state index in [1.165, 1.54) is 12.1 Å². The molecule has 0 unspecified atom stereocenters. The molecular formula is C20H25FN2O2. The molecule has 1 amide bonds. The molecule has 0 saturated carbocycles. The van der Waals surface area contributed by atoms with Crippen molar-refractivity contribution in [3.8, 4) is 5.75 Å². The zero-order chi connectivity index (χ0) is 17.9. The lowest BCUT2D eigenvalue weighted by Gasteiger charge is -2.23. The minimum atomic E-state index is -0.293. The van der Waals surface area contributed by atoms with Gasteiger partial charge in [-0.2, -0.15) is 0 Å². The molecule has 0 spiro atoms. The number of rotatable bonds is 10. The van der Waals surface area contributed by atoms with Gasteiger partial charge in [0.2, 0.25) is 5.91 Å². The van der Waals surface area contributed by atoms with Crippen LogP contribution in [0.3, 0.4) is 0 Å². The highest BCUT2D eigenvalue weighted by Gasteiger charge is 2.13. The number of ether oxygens (including phenoxy) is 1. The summed E-state index contributed by atoms with van der Waals surface area (Å²) in [5, 5.41) is 0. The summed E-state index contributed by atoms with van der Waals surface area (Å²) in [7, 11) is 0. The van der Waals surface area contributed by atoms with Crippen LogP contribution in [0.25, 0.3) is 0 Å². The van der Waals surface area contributed by atoms with Crippen LogP contribution in [-0.4, -0.2) is 30.5 Å². The Morgan fingerprint density at radius 3 is 2.44 bits per heavy atom. The lowest BCUT2D eigenvalue weighted by atomic mass is 10.2. The fourth-order valence-electron chi connectivity index (χ4n) is 2.48. The number of nitrogens with two attached hydrogens (primary N) is 1. The first kappa shape index (κ1) is 18.9. The predicted octanol–water partition coefficient (Wildman–Crippen LogP) is 3.36. The van der Waals surface area contributed by atoms with Gasteiger partial charge in [-0.3, -0.25) is 4.79 Å². The Balaban J connectivity index is 1.78. The van der Waals surface area contributed by atoms with Gasteiger partial charge in [-0.05, 0) is 49.2 Å². The molecule has 0 aliphatic carbocycles. The highest BCUT2D eigenvalue weighted by atomic mass is 19.1. The first-order chi connectivity index (χ1) is 12.2. The number of halogens is 1. The van der Waals surface area contributed by atoms with Crippen LogP contribution in [0, 0.1) is 5.82 Å². The summed E-state index contributed by atoms with van der Waals surface area (Å²) in [5.41, 5.74) is 6.69. The largest absolute Gasteiger partial charge is 0.494 e. The van der Waals surface area contributed by atoms with Crippen LogP contribution in [-0.2, 0) is 11.3 Å². The quantitative estimate of drug-likeness (QED) is 0.673. The Kier molecular flexibility index (Phi) is 7.92. The fourth-order valence-corrected chi connectivity index (χ4v) is 2.48. The van der Waals surface area contributed by atoms with Crippen LogP contribution in [0.1, 0.15) is 24.8 Å². The van der Waals surface area contributed by atoms with Crippen LogP contribution < -0.4 is 10.5 Å². The number of benzene rings is 2. The molecule has 0 radical (unpaired) electrons. The van der Waals surface area contributed by atoms with E-state index in [-0.39, 0.29) is 11.7 Å². The van der Waals surface area contributed by atoms with Crippen molar-refractivity contribution in [2.24, 2.45) is 5.73 Å².